The number of amides is 1. The number of aliphatic hydroxyl groups is 1. The first-order valence-electron chi connectivity index (χ1n) is 8.38. The van der Waals surface area contributed by atoms with Crippen molar-refractivity contribution >= 4 is 11.9 Å². The number of pyridine rings is 1. The molecule has 10 heteroatoms. The number of halogens is 3. The fourth-order valence-corrected chi connectivity index (χ4v) is 2.58. The molecule has 7 nitrogen and oxygen atoms in total. The molecular weight excluding hydrogens is 393 g/mol. The SMILES string of the molecule is COC(=O)[C@H](Cc1cccnc1OC)NC(=O)[C@@H](O)c1ccc(C(F)(F)F)cc1. The molecule has 0 fully saturated rings. The molecule has 2 rings (SSSR count). The van der Waals surface area contributed by atoms with E-state index in [1.54, 1.807) is 12.1 Å². The minimum atomic E-state index is -4.54. The molecule has 0 aliphatic heterocycles. The van der Waals surface area contributed by atoms with Crippen LogP contribution in [0.4, 0.5) is 13.2 Å². The number of rotatable bonds is 7. The third-order valence-corrected chi connectivity index (χ3v) is 4.07. The molecule has 2 atom stereocenters. The lowest BCUT2D eigenvalue weighted by Crippen LogP contribution is -2.45. The van der Waals surface area contributed by atoms with Crippen molar-refractivity contribution < 1.29 is 37.3 Å². The van der Waals surface area contributed by atoms with Crippen LogP contribution in [0, 0.1) is 0 Å². The number of aromatic nitrogens is 1. The molecule has 156 valence electrons. The van der Waals surface area contributed by atoms with E-state index in [-0.39, 0.29) is 17.9 Å². The van der Waals surface area contributed by atoms with E-state index >= 15 is 0 Å². The Morgan fingerprint density at radius 1 is 1.17 bits per heavy atom. The van der Waals surface area contributed by atoms with Crippen molar-refractivity contribution in [2.75, 3.05) is 14.2 Å². The van der Waals surface area contributed by atoms with Crippen LogP contribution in [0.25, 0.3) is 0 Å². The molecule has 2 N–H and O–H groups in total. The predicted octanol–water partition coefficient (Wildman–Crippen LogP) is 2.04. The second-order valence-electron chi connectivity index (χ2n) is 5.98. The maximum absolute atomic E-state index is 12.6. The van der Waals surface area contributed by atoms with Gasteiger partial charge in [-0.15, -0.1) is 0 Å². The van der Waals surface area contributed by atoms with Crippen molar-refractivity contribution in [2.45, 2.75) is 24.7 Å². The van der Waals surface area contributed by atoms with Gasteiger partial charge in [0, 0.05) is 18.2 Å². The summed E-state index contributed by atoms with van der Waals surface area (Å²) in [6.07, 6.45) is -4.86. The van der Waals surface area contributed by atoms with Crippen LogP contribution in [0.3, 0.4) is 0 Å². The molecule has 0 aliphatic rings. The van der Waals surface area contributed by atoms with E-state index in [9.17, 15) is 27.9 Å². The fraction of sp³-hybridized carbons (Fsp3) is 0.316. The van der Waals surface area contributed by atoms with Gasteiger partial charge in [-0.3, -0.25) is 4.79 Å². The van der Waals surface area contributed by atoms with Crippen LogP contribution < -0.4 is 10.1 Å². The summed E-state index contributed by atoms with van der Waals surface area (Å²) >= 11 is 0. The highest BCUT2D eigenvalue weighted by Gasteiger charge is 2.31. The smallest absolute Gasteiger partial charge is 0.416 e. The summed E-state index contributed by atoms with van der Waals surface area (Å²) < 4.78 is 47.7. The quantitative estimate of drug-likeness (QED) is 0.676. The van der Waals surface area contributed by atoms with Gasteiger partial charge in [0.1, 0.15) is 6.04 Å². The molecule has 1 amide bonds. The van der Waals surface area contributed by atoms with Gasteiger partial charge in [-0.05, 0) is 23.8 Å². The second-order valence-corrected chi connectivity index (χ2v) is 5.98. The maximum atomic E-state index is 12.6. The highest BCUT2D eigenvalue weighted by molar-refractivity contribution is 5.87. The third kappa shape index (κ3) is 5.67. The van der Waals surface area contributed by atoms with Crippen LogP contribution in [0.15, 0.2) is 42.6 Å². The number of methoxy groups -OCH3 is 2. The third-order valence-electron chi connectivity index (χ3n) is 4.07. The van der Waals surface area contributed by atoms with Crippen molar-refractivity contribution in [3.05, 3.63) is 59.3 Å². The van der Waals surface area contributed by atoms with Gasteiger partial charge in [0.2, 0.25) is 5.88 Å². The number of nitrogens with zero attached hydrogens (tertiary/aromatic N) is 1. The Labute approximate surface area is 164 Å². The number of hydrogen-bond acceptors (Lipinski definition) is 6. The van der Waals surface area contributed by atoms with Crippen LogP contribution in [0.5, 0.6) is 5.88 Å². The Morgan fingerprint density at radius 2 is 1.83 bits per heavy atom. The van der Waals surface area contributed by atoms with Crippen molar-refractivity contribution in [2.24, 2.45) is 0 Å². The lowest BCUT2D eigenvalue weighted by Gasteiger charge is -2.20. The molecule has 29 heavy (non-hydrogen) atoms. The first-order chi connectivity index (χ1) is 13.7. The Bertz CT molecular complexity index is 856. The molecule has 0 bridgehead atoms. The Kier molecular flexibility index (Phi) is 7.16. The fourth-order valence-electron chi connectivity index (χ4n) is 2.58. The van der Waals surface area contributed by atoms with Gasteiger partial charge in [-0.1, -0.05) is 18.2 Å². The van der Waals surface area contributed by atoms with E-state index < -0.39 is 35.8 Å². The topological polar surface area (TPSA) is 97.8 Å². The molecule has 1 aromatic heterocycles. The summed E-state index contributed by atoms with van der Waals surface area (Å²) in [5, 5.41) is 12.5. The summed E-state index contributed by atoms with van der Waals surface area (Å²) in [5.74, 6) is -1.49. The molecule has 0 aliphatic carbocycles. The van der Waals surface area contributed by atoms with Crippen LogP contribution in [0.2, 0.25) is 0 Å². The maximum Gasteiger partial charge on any atom is 0.416 e. The molecule has 0 saturated carbocycles. The number of aliphatic hydroxyl groups excluding tert-OH is 1. The average Bonchev–Trinajstić information content (AvgIpc) is 2.71. The van der Waals surface area contributed by atoms with Crippen LogP contribution in [-0.4, -0.2) is 42.2 Å². The molecular formula is C19H19F3N2O5. The van der Waals surface area contributed by atoms with Gasteiger partial charge in [0.15, 0.2) is 6.10 Å². The van der Waals surface area contributed by atoms with E-state index in [2.05, 4.69) is 15.0 Å². The van der Waals surface area contributed by atoms with Crippen LogP contribution >= 0.6 is 0 Å². The first-order valence-corrected chi connectivity index (χ1v) is 8.38. The van der Waals surface area contributed by atoms with Gasteiger partial charge in [-0.2, -0.15) is 13.2 Å². The minimum Gasteiger partial charge on any atom is -0.481 e. The highest BCUT2D eigenvalue weighted by Crippen LogP contribution is 2.30. The number of alkyl halides is 3. The summed E-state index contributed by atoms with van der Waals surface area (Å²) in [7, 11) is 2.53. The lowest BCUT2D eigenvalue weighted by atomic mass is 10.0. The van der Waals surface area contributed by atoms with E-state index in [0.717, 1.165) is 31.4 Å². The number of esters is 1. The molecule has 0 radical (unpaired) electrons. The molecule has 1 heterocycles. The van der Waals surface area contributed by atoms with Crippen LogP contribution in [-0.2, 0) is 26.9 Å². The molecule has 0 saturated heterocycles. The predicted molar refractivity (Wildman–Crippen MR) is 94.8 cm³/mol. The summed E-state index contributed by atoms with van der Waals surface area (Å²) in [4.78, 5) is 28.4. The number of benzene rings is 1. The van der Waals surface area contributed by atoms with Crippen molar-refractivity contribution in [3.63, 3.8) is 0 Å². The molecule has 0 spiro atoms. The average molecular weight is 412 g/mol. The summed E-state index contributed by atoms with van der Waals surface area (Å²) in [6.45, 7) is 0. The number of nitrogens with one attached hydrogen (secondary N) is 1. The van der Waals surface area contributed by atoms with Gasteiger partial charge in [0.25, 0.3) is 5.91 Å². The first kappa shape index (κ1) is 22.2. The summed E-state index contributed by atoms with van der Waals surface area (Å²) in [5.41, 5.74) is -0.460. The number of hydrogen-bond donors (Lipinski definition) is 2. The van der Waals surface area contributed by atoms with E-state index in [0.29, 0.717) is 5.56 Å². The van der Waals surface area contributed by atoms with E-state index in [1.165, 1.54) is 13.3 Å². The Morgan fingerprint density at radius 3 is 2.38 bits per heavy atom. The Hall–Kier alpha value is -3.14. The van der Waals surface area contributed by atoms with Gasteiger partial charge in [0.05, 0.1) is 19.8 Å². The van der Waals surface area contributed by atoms with E-state index in [1.807, 2.05) is 0 Å². The number of carbonyl (C=O) groups excluding carboxylic acids is 2. The zero-order valence-electron chi connectivity index (χ0n) is 15.6. The van der Waals surface area contributed by atoms with Gasteiger partial charge < -0.3 is 19.9 Å². The lowest BCUT2D eigenvalue weighted by molar-refractivity contribution is -0.146. The highest BCUT2D eigenvalue weighted by atomic mass is 19.4. The van der Waals surface area contributed by atoms with Crippen molar-refractivity contribution in [3.8, 4) is 5.88 Å². The van der Waals surface area contributed by atoms with Crippen molar-refractivity contribution in [1.29, 1.82) is 0 Å². The zero-order chi connectivity index (χ0) is 21.6. The minimum absolute atomic E-state index is 0.0326. The molecule has 1 aromatic carbocycles. The second kappa shape index (κ2) is 9.37. The normalized spacial score (nSPS) is 13.3. The monoisotopic (exact) mass is 412 g/mol. The number of carbonyl (C=O) groups is 2. The zero-order valence-corrected chi connectivity index (χ0v) is 15.6. The largest absolute Gasteiger partial charge is 0.481 e. The standard InChI is InChI=1S/C19H19F3N2O5/c1-28-17-12(4-3-9-23-17)10-14(18(27)29-2)24-16(26)15(25)11-5-7-13(8-6-11)19(20,21)22/h3-9,14-15,25H,10H2,1-2H3,(H,24,26)/t14-,15-/m0/s1. The van der Waals surface area contributed by atoms with Gasteiger partial charge in [-0.25, -0.2) is 9.78 Å². The Balaban J connectivity index is 2.16. The van der Waals surface area contributed by atoms with E-state index in [4.69, 9.17) is 4.74 Å². The van der Waals surface area contributed by atoms with Crippen molar-refractivity contribution in [1.82, 2.24) is 10.3 Å². The van der Waals surface area contributed by atoms with Gasteiger partial charge >= 0.3 is 12.1 Å². The molecule has 0 unspecified atom stereocenters. The molecule has 2 aromatic rings. The number of ether oxygens (including phenoxy) is 2. The van der Waals surface area contributed by atoms with Crippen LogP contribution in [0.1, 0.15) is 22.8 Å². The summed E-state index contributed by atoms with van der Waals surface area (Å²) in [6, 6.07) is 5.57.